The van der Waals surface area contributed by atoms with Gasteiger partial charge >= 0.3 is 0 Å². The van der Waals surface area contributed by atoms with Crippen LogP contribution in [0.4, 0.5) is 5.69 Å². The van der Waals surface area contributed by atoms with Crippen molar-refractivity contribution in [2.45, 2.75) is 33.7 Å². The highest BCUT2D eigenvalue weighted by Gasteiger charge is 2.19. The highest BCUT2D eigenvalue weighted by Crippen LogP contribution is 2.26. The monoisotopic (exact) mass is 270 g/mol. The number of nitrogens with two attached hydrogens (primary N) is 1. The second kappa shape index (κ2) is 5.23. The first-order valence-corrected chi connectivity index (χ1v) is 6.36. The van der Waals surface area contributed by atoms with Crippen molar-refractivity contribution in [3.8, 4) is 0 Å². The SMILES string of the molecule is CC(Nc1ccc(C(N)=S)c(Cl)c1)C(C)(C)C. The standard InChI is InChI=1S/C13H19ClN2S/c1-8(13(2,3)4)16-9-5-6-10(12(15)17)11(14)7-9/h5-8,16H,1-4H3,(H2,15,17). The van der Waals surface area contributed by atoms with Crippen LogP contribution in [0.2, 0.25) is 5.02 Å². The lowest BCUT2D eigenvalue weighted by atomic mass is 9.88. The summed E-state index contributed by atoms with van der Waals surface area (Å²) in [6.45, 7) is 8.72. The molecule has 0 aliphatic heterocycles. The van der Waals surface area contributed by atoms with E-state index in [1.54, 1.807) is 0 Å². The van der Waals surface area contributed by atoms with Crippen LogP contribution in [0, 0.1) is 5.41 Å². The summed E-state index contributed by atoms with van der Waals surface area (Å²) in [5.41, 5.74) is 7.45. The first-order chi connectivity index (χ1) is 7.71. The Morgan fingerprint density at radius 3 is 2.41 bits per heavy atom. The molecule has 4 heteroatoms. The molecule has 0 amide bonds. The van der Waals surface area contributed by atoms with E-state index >= 15 is 0 Å². The average Bonchev–Trinajstić information content (AvgIpc) is 2.15. The van der Waals surface area contributed by atoms with Gasteiger partial charge in [-0.25, -0.2) is 0 Å². The van der Waals surface area contributed by atoms with Gasteiger partial charge in [0, 0.05) is 17.3 Å². The van der Waals surface area contributed by atoms with Crippen LogP contribution in [0.1, 0.15) is 33.3 Å². The van der Waals surface area contributed by atoms with E-state index in [4.69, 9.17) is 29.6 Å². The first kappa shape index (κ1) is 14.3. The van der Waals surface area contributed by atoms with Gasteiger partial charge in [-0.1, -0.05) is 44.6 Å². The van der Waals surface area contributed by atoms with E-state index < -0.39 is 0 Å². The smallest absolute Gasteiger partial charge is 0.105 e. The van der Waals surface area contributed by atoms with E-state index in [2.05, 4.69) is 33.0 Å². The number of anilines is 1. The first-order valence-electron chi connectivity index (χ1n) is 5.57. The molecular weight excluding hydrogens is 252 g/mol. The van der Waals surface area contributed by atoms with Crippen molar-refractivity contribution < 1.29 is 0 Å². The van der Waals surface area contributed by atoms with E-state index in [-0.39, 0.29) is 5.41 Å². The van der Waals surface area contributed by atoms with Crippen molar-refractivity contribution in [3.05, 3.63) is 28.8 Å². The molecule has 0 heterocycles. The maximum Gasteiger partial charge on any atom is 0.105 e. The number of nitrogens with one attached hydrogen (secondary N) is 1. The predicted octanol–water partition coefficient (Wildman–Crippen LogP) is 3.82. The minimum atomic E-state index is 0.189. The summed E-state index contributed by atoms with van der Waals surface area (Å²) in [5, 5.41) is 4.01. The third-order valence-electron chi connectivity index (χ3n) is 2.92. The van der Waals surface area contributed by atoms with Crippen LogP contribution in [0.3, 0.4) is 0 Å². The zero-order valence-electron chi connectivity index (χ0n) is 10.7. The molecule has 0 fully saturated rings. The number of halogens is 1. The molecule has 3 N–H and O–H groups in total. The molecule has 1 atom stereocenters. The van der Waals surface area contributed by atoms with E-state index in [0.29, 0.717) is 16.1 Å². The number of rotatable bonds is 3. The van der Waals surface area contributed by atoms with Gasteiger partial charge in [0.2, 0.25) is 0 Å². The number of hydrogen-bond donors (Lipinski definition) is 2. The van der Waals surface area contributed by atoms with Gasteiger partial charge in [-0.3, -0.25) is 0 Å². The molecule has 0 spiro atoms. The van der Waals surface area contributed by atoms with Crippen LogP contribution in [0.25, 0.3) is 0 Å². The Labute approximate surface area is 114 Å². The molecule has 94 valence electrons. The fourth-order valence-electron chi connectivity index (χ4n) is 1.27. The maximum absolute atomic E-state index is 6.11. The largest absolute Gasteiger partial charge is 0.389 e. The van der Waals surface area contributed by atoms with Crippen LogP contribution in [-0.2, 0) is 0 Å². The Morgan fingerprint density at radius 1 is 1.41 bits per heavy atom. The topological polar surface area (TPSA) is 38.0 Å². The molecule has 0 aliphatic carbocycles. The van der Waals surface area contributed by atoms with Crippen LogP contribution in [0.15, 0.2) is 18.2 Å². The Balaban J connectivity index is 2.88. The van der Waals surface area contributed by atoms with Crippen LogP contribution < -0.4 is 11.1 Å². The number of hydrogen-bond acceptors (Lipinski definition) is 2. The van der Waals surface area contributed by atoms with Crippen LogP contribution in [0.5, 0.6) is 0 Å². The third-order valence-corrected chi connectivity index (χ3v) is 3.45. The van der Waals surface area contributed by atoms with E-state index in [9.17, 15) is 0 Å². The van der Waals surface area contributed by atoms with Crippen molar-refractivity contribution in [2.24, 2.45) is 11.1 Å². The van der Waals surface area contributed by atoms with E-state index in [1.807, 2.05) is 18.2 Å². The van der Waals surface area contributed by atoms with Gasteiger partial charge in [-0.2, -0.15) is 0 Å². The molecule has 2 nitrogen and oxygen atoms in total. The summed E-state index contributed by atoms with van der Waals surface area (Å²) in [4.78, 5) is 0.324. The van der Waals surface area contributed by atoms with Gasteiger partial charge in [0.1, 0.15) is 4.99 Å². The summed E-state index contributed by atoms with van der Waals surface area (Å²) in [7, 11) is 0. The van der Waals surface area contributed by atoms with Crippen LogP contribution >= 0.6 is 23.8 Å². The Kier molecular flexibility index (Phi) is 4.39. The molecule has 0 aliphatic rings. The summed E-state index contributed by atoms with van der Waals surface area (Å²) < 4.78 is 0. The number of benzene rings is 1. The Morgan fingerprint density at radius 2 is 2.00 bits per heavy atom. The summed E-state index contributed by atoms with van der Waals surface area (Å²) in [6, 6.07) is 6.00. The fraction of sp³-hybridized carbons (Fsp3) is 0.462. The second-order valence-corrected chi connectivity index (χ2v) is 6.14. The van der Waals surface area contributed by atoms with Crippen LogP contribution in [-0.4, -0.2) is 11.0 Å². The lowest BCUT2D eigenvalue weighted by Crippen LogP contribution is -2.30. The molecular formula is C13H19ClN2S. The van der Waals surface area contributed by atoms with Crippen molar-refractivity contribution in [1.29, 1.82) is 0 Å². The van der Waals surface area contributed by atoms with Gasteiger partial charge < -0.3 is 11.1 Å². The van der Waals surface area contributed by atoms with Gasteiger partial charge in [0.15, 0.2) is 0 Å². The maximum atomic E-state index is 6.11. The average molecular weight is 271 g/mol. The minimum absolute atomic E-state index is 0.189. The highest BCUT2D eigenvalue weighted by molar-refractivity contribution is 7.80. The molecule has 0 radical (unpaired) electrons. The fourth-order valence-corrected chi connectivity index (χ4v) is 1.79. The van der Waals surface area contributed by atoms with E-state index in [0.717, 1.165) is 11.3 Å². The van der Waals surface area contributed by atoms with Crippen molar-refractivity contribution >= 4 is 34.5 Å². The molecule has 0 aromatic heterocycles. The number of thiocarbonyl (C=S) groups is 1. The highest BCUT2D eigenvalue weighted by atomic mass is 35.5. The lowest BCUT2D eigenvalue weighted by molar-refractivity contribution is 0.359. The van der Waals surface area contributed by atoms with Crippen molar-refractivity contribution in [3.63, 3.8) is 0 Å². The molecule has 0 saturated heterocycles. The zero-order valence-corrected chi connectivity index (χ0v) is 12.2. The molecule has 17 heavy (non-hydrogen) atoms. The summed E-state index contributed by atoms with van der Waals surface area (Å²) in [6.07, 6.45) is 0. The van der Waals surface area contributed by atoms with Gasteiger partial charge in [-0.05, 0) is 30.5 Å². The summed E-state index contributed by atoms with van der Waals surface area (Å²) in [5.74, 6) is 0. The van der Waals surface area contributed by atoms with Gasteiger partial charge in [0.05, 0.1) is 5.02 Å². The minimum Gasteiger partial charge on any atom is -0.389 e. The normalized spacial score (nSPS) is 13.2. The second-order valence-electron chi connectivity index (χ2n) is 5.29. The molecule has 1 aromatic carbocycles. The van der Waals surface area contributed by atoms with E-state index in [1.165, 1.54) is 0 Å². The molecule has 1 aromatic rings. The van der Waals surface area contributed by atoms with Gasteiger partial charge in [-0.15, -0.1) is 0 Å². The lowest BCUT2D eigenvalue weighted by Gasteiger charge is -2.29. The summed E-state index contributed by atoms with van der Waals surface area (Å²) >= 11 is 11.0. The van der Waals surface area contributed by atoms with Gasteiger partial charge in [0.25, 0.3) is 0 Å². The molecule has 1 rings (SSSR count). The third kappa shape index (κ3) is 3.86. The molecule has 0 saturated carbocycles. The Hall–Kier alpha value is -0.800. The van der Waals surface area contributed by atoms with Crippen molar-refractivity contribution in [2.75, 3.05) is 5.32 Å². The zero-order chi connectivity index (χ0) is 13.2. The Bertz CT molecular complexity index is 424. The molecule has 1 unspecified atom stereocenters. The predicted molar refractivity (Wildman–Crippen MR) is 79.9 cm³/mol. The van der Waals surface area contributed by atoms with Crippen molar-refractivity contribution in [1.82, 2.24) is 0 Å². The molecule has 0 bridgehead atoms. The quantitative estimate of drug-likeness (QED) is 0.820.